The van der Waals surface area contributed by atoms with Crippen LogP contribution in [0.2, 0.25) is 5.02 Å². The fourth-order valence-electron chi connectivity index (χ4n) is 2.56. The monoisotopic (exact) mass is 298 g/mol. The Labute approximate surface area is 108 Å². The molecule has 0 N–H and O–H groups in total. The van der Waals surface area contributed by atoms with E-state index in [1.165, 1.54) is 25.7 Å². The highest BCUT2D eigenvalue weighted by Crippen LogP contribution is 2.36. The minimum absolute atomic E-state index is 0.581. The van der Waals surface area contributed by atoms with E-state index in [1.54, 1.807) is 0 Å². The van der Waals surface area contributed by atoms with E-state index < -0.39 is 0 Å². The van der Waals surface area contributed by atoms with Gasteiger partial charge < -0.3 is 4.57 Å². The largest absolute Gasteiger partial charge is 0.315 e. The van der Waals surface area contributed by atoms with Crippen LogP contribution in [0.3, 0.4) is 0 Å². The maximum absolute atomic E-state index is 6.15. The van der Waals surface area contributed by atoms with Crippen LogP contribution in [0, 0.1) is 0 Å². The molecular weight excluding hydrogens is 288 g/mol. The van der Waals surface area contributed by atoms with Gasteiger partial charge in [0.15, 0.2) is 4.73 Å². The molecular formula is C12H12BrClN2. The molecule has 0 amide bonds. The second-order valence-electron chi connectivity index (χ2n) is 4.30. The van der Waals surface area contributed by atoms with Gasteiger partial charge in [0, 0.05) is 6.04 Å². The Morgan fingerprint density at radius 3 is 2.81 bits per heavy atom. The predicted molar refractivity (Wildman–Crippen MR) is 69.9 cm³/mol. The number of rotatable bonds is 1. The summed E-state index contributed by atoms with van der Waals surface area (Å²) in [7, 11) is 0. The Morgan fingerprint density at radius 1 is 1.31 bits per heavy atom. The number of nitrogens with zero attached hydrogens (tertiary/aromatic N) is 2. The Balaban J connectivity index is 2.22. The number of hydrogen-bond donors (Lipinski definition) is 0. The molecule has 0 spiro atoms. The summed E-state index contributed by atoms with van der Waals surface area (Å²) in [6.45, 7) is 0. The molecule has 1 aliphatic carbocycles. The van der Waals surface area contributed by atoms with Crippen LogP contribution in [0.5, 0.6) is 0 Å². The van der Waals surface area contributed by atoms with Crippen molar-refractivity contribution in [1.29, 1.82) is 0 Å². The number of para-hydroxylation sites is 1. The molecule has 4 heteroatoms. The molecule has 0 radical (unpaired) electrons. The molecule has 1 aromatic carbocycles. The van der Waals surface area contributed by atoms with E-state index in [0.717, 1.165) is 20.8 Å². The van der Waals surface area contributed by atoms with Crippen molar-refractivity contribution < 1.29 is 0 Å². The molecule has 84 valence electrons. The normalized spacial score (nSPS) is 17.4. The van der Waals surface area contributed by atoms with Crippen molar-refractivity contribution in [3.8, 4) is 0 Å². The summed E-state index contributed by atoms with van der Waals surface area (Å²) in [4.78, 5) is 4.50. The van der Waals surface area contributed by atoms with Gasteiger partial charge in [-0.05, 0) is 40.9 Å². The van der Waals surface area contributed by atoms with Crippen LogP contribution >= 0.6 is 27.5 Å². The molecule has 0 saturated heterocycles. The van der Waals surface area contributed by atoms with E-state index in [-0.39, 0.29) is 0 Å². The van der Waals surface area contributed by atoms with Gasteiger partial charge in [-0.25, -0.2) is 4.98 Å². The summed E-state index contributed by atoms with van der Waals surface area (Å²) in [5.41, 5.74) is 2.05. The third-order valence-electron chi connectivity index (χ3n) is 3.32. The molecule has 0 bridgehead atoms. The van der Waals surface area contributed by atoms with Gasteiger partial charge in [0.25, 0.3) is 0 Å². The molecule has 3 rings (SSSR count). The number of aromatic nitrogens is 2. The highest BCUT2D eigenvalue weighted by atomic mass is 79.9. The number of benzene rings is 1. The van der Waals surface area contributed by atoms with Crippen LogP contribution in [0.1, 0.15) is 31.7 Å². The first kappa shape index (κ1) is 10.6. The second-order valence-corrected chi connectivity index (χ2v) is 5.41. The summed E-state index contributed by atoms with van der Waals surface area (Å²) in [6.07, 6.45) is 5.13. The SMILES string of the molecule is Clc1cccc2c1nc(Br)n2C1CCCC1. The van der Waals surface area contributed by atoms with Gasteiger partial charge in [-0.3, -0.25) is 0 Å². The predicted octanol–water partition coefficient (Wildman–Crippen LogP) is 4.57. The van der Waals surface area contributed by atoms with Gasteiger partial charge in [0.2, 0.25) is 0 Å². The first-order valence-corrected chi connectivity index (χ1v) is 6.76. The highest BCUT2D eigenvalue weighted by molar-refractivity contribution is 9.10. The van der Waals surface area contributed by atoms with Crippen LogP contribution in [0.4, 0.5) is 0 Å². The van der Waals surface area contributed by atoms with E-state index in [1.807, 2.05) is 12.1 Å². The van der Waals surface area contributed by atoms with Gasteiger partial charge in [-0.1, -0.05) is 30.5 Å². The standard InChI is InChI=1S/C12H12BrClN2/c13-12-15-11-9(14)6-3-7-10(11)16(12)8-4-1-2-5-8/h3,6-8H,1-2,4-5H2. The summed E-state index contributed by atoms with van der Waals surface area (Å²) in [5, 5.41) is 0.731. The lowest BCUT2D eigenvalue weighted by Crippen LogP contribution is -2.04. The Bertz CT molecular complexity index is 529. The maximum Gasteiger partial charge on any atom is 0.178 e. The molecule has 1 saturated carbocycles. The molecule has 0 atom stereocenters. The molecule has 1 fully saturated rings. The molecule has 16 heavy (non-hydrogen) atoms. The van der Waals surface area contributed by atoms with E-state index in [2.05, 4.69) is 31.5 Å². The summed E-state index contributed by atoms with van der Waals surface area (Å²) in [5.74, 6) is 0. The Kier molecular flexibility index (Phi) is 2.68. The van der Waals surface area contributed by atoms with Crippen molar-refractivity contribution in [2.24, 2.45) is 0 Å². The van der Waals surface area contributed by atoms with E-state index in [4.69, 9.17) is 11.6 Å². The van der Waals surface area contributed by atoms with Gasteiger partial charge >= 0.3 is 0 Å². The zero-order valence-electron chi connectivity index (χ0n) is 8.79. The van der Waals surface area contributed by atoms with Crippen LogP contribution in [0.25, 0.3) is 11.0 Å². The molecule has 1 heterocycles. The van der Waals surface area contributed by atoms with Gasteiger partial charge in [-0.15, -0.1) is 0 Å². The number of imidazole rings is 1. The number of hydrogen-bond acceptors (Lipinski definition) is 1. The first-order chi connectivity index (χ1) is 7.77. The Hall–Kier alpha value is -0.540. The van der Waals surface area contributed by atoms with Crippen molar-refractivity contribution >= 4 is 38.6 Å². The van der Waals surface area contributed by atoms with Crippen LogP contribution < -0.4 is 0 Å². The molecule has 0 unspecified atom stereocenters. The summed E-state index contributed by atoms with van der Waals surface area (Å²) < 4.78 is 3.19. The Morgan fingerprint density at radius 2 is 2.06 bits per heavy atom. The third-order valence-corrected chi connectivity index (χ3v) is 4.18. The van der Waals surface area contributed by atoms with E-state index >= 15 is 0 Å². The number of halogens is 2. The maximum atomic E-state index is 6.15. The zero-order chi connectivity index (χ0) is 11.1. The third kappa shape index (κ3) is 1.57. The van der Waals surface area contributed by atoms with Gasteiger partial charge in [0.1, 0.15) is 5.52 Å². The zero-order valence-corrected chi connectivity index (χ0v) is 11.1. The van der Waals surface area contributed by atoms with Crippen LogP contribution in [-0.2, 0) is 0 Å². The van der Waals surface area contributed by atoms with E-state index in [9.17, 15) is 0 Å². The summed E-state index contributed by atoms with van der Waals surface area (Å²) in [6, 6.07) is 6.56. The highest BCUT2D eigenvalue weighted by Gasteiger charge is 2.22. The molecule has 2 aromatic rings. The quantitative estimate of drug-likeness (QED) is 0.754. The average molecular weight is 300 g/mol. The lowest BCUT2D eigenvalue weighted by atomic mass is 10.2. The van der Waals surface area contributed by atoms with Crippen molar-refractivity contribution in [3.63, 3.8) is 0 Å². The van der Waals surface area contributed by atoms with Crippen LogP contribution in [0.15, 0.2) is 22.9 Å². The van der Waals surface area contributed by atoms with E-state index in [0.29, 0.717) is 6.04 Å². The second kappa shape index (κ2) is 4.04. The van der Waals surface area contributed by atoms with Gasteiger partial charge in [-0.2, -0.15) is 0 Å². The topological polar surface area (TPSA) is 17.8 Å². The molecule has 2 nitrogen and oxygen atoms in total. The lowest BCUT2D eigenvalue weighted by Gasteiger charge is -2.13. The van der Waals surface area contributed by atoms with Crippen LogP contribution in [-0.4, -0.2) is 9.55 Å². The van der Waals surface area contributed by atoms with Crippen molar-refractivity contribution in [2.75, 3.05) is 0 Å². The average Bonchev–Trinajstić information content (AvgIpc) is 2.85. The smallest absolute Gasteiger partial charge is 0.178 e. The first-order valence-electron chi connectivity index (χ1n) is 5.59. The van der Waals surface area contributed by atoms with Crippen molar-refractivity contribution in [2.45, 2.75) is 31.7 Å². The minimum Gasteiger partial charge on any atom is -0.315 e. The van der Waals surface area contributed by atoms with Gasteiger partial charge in [0.05, 0.1) is 10.5 Å². The molecule has 0 aliphatic heterocycles. The summed E-state index contributed by atoms with van der Waals surface area (Å²) >= 11 is 9.70. The molecule has 1 aromatic heterocycles. The fourth-order valence-corrected chi connectivity index (χ4v) is 3.43. The van der Waals surface area contributed by atoms with Crippen molar-refractivity contribution in [3.05, 3.63) is 28.0 Å². The minimum atomic E-state index is 0.581. The number of fused-ring (bicyclic) bond motifs is 1. The van der Waals surface area contributed by atoms with Crippen molar-refractivity contribution in [1.82, 2.24) is 9.55 Å². The molecule has 1 aliphatic rings. The fraction of sp³-hybridized carbons (Fsp3) is 0.417. The lowest BCUT2D eigenvalue weighted by molar-refractivity contribution is 0.522.